The molecule has 2 aromatic carbocycles. The van der Waals surface area contributed by atoms with Crippen molar-refractivity contribution in [2.24, 2.45) is 0 Å². The van der Waals surface area contributed by atoms with E-state index in [-0.39, 0.29) is 17.5 Å². The Bertz CT molecular complexity index is 1260. The lowest BCUT2D eigenvalue weighted by Crippen LogP contribution is -2.45. The Kier molecular flexibility index (Phi) is 4.94. The minimum absolute atomic E-state index is 0.0458. The molecule has 2 unspecified atom stereocenters. The van der Waals surface area contributed by atoms with Crippen LogP contribution in [0.5, 0.6) is 0 Å². The van der Waals surface area contributed by atoms with Crippen molar-refractivity contribution in [3.05, 3.63) is 71.1 Å². The van der Waals surface area contributed by atoms with Crippen LogP contribution >= 0.6 is 11.6 Å². The van der Waals surface area contributed by atoms with E-state index >= 15 is 0 Å². The van der Waals surface area contributed by atoms with Gasteiger partial charge in [0, 0.05) is 17.6 Å². The molecule has 0 bridgehead atoms. The number of nitrogens with zero attached hydrogens (tertiary/aromatic N) is 5. The second-order valence-electron chi connectivity index (χ2n) is 7.70. The number of aromatic nitrogens is 4. The van der Waals surface area contributed by atoms with Gasteiger partial charge in [0.25, 0.3) is 5.91 Å². The van der Waals surface area contributed by atoms with Crippen LogP contribution in [0.2, 0.25) is 5.02 Å². The zero-order valence-electron chi connectivity index (χ0n) is 16.7. The van der Waals surface area contributed by atoms with Crippen molar-refractivity contribution < 1.29 is 13.6 Å². The molecule has 1 aliphatic heterocycles. The van der Waals surface area contributed by atoms with E-state index in [1.165, 1.54) is 29.3 Å². The van der Waals surface area contributed by atoms with Crippen molar-refractivity contribution in [1.29, 1.82) is 0 Å². The number of halogens is 2. The predicted molar refractivity (Wildman–Crippen MR) is 113 cm³/mol. The third-order valence-electron chi connectivity index (χ3n) is 5.70. The zero-order valence-corrected chi connectivity index (χ0v) is 17.5. The molecule has 0 aliphatic carbocycles. The van der Waals surface area contributed by atoms with Crippen molar-refractivity contribution in [3.8, 4) is 5.69 Å². The summed E-state index contributed by atoms with van der Waals surface area (Å²) in [6.07, 6.45) is 4.53. The van der Waals surface area contributed by atoms with Gasteiger partial charge in [0.2, 0.25) is 0 Å². The Morgan fingerprint density at radius 1 is 1.19 bits per heavy atom. The Labute approximate surface area is 182 Å². The molecule has 0 radical (unpaired) electrons. The Balaban J connectivity index is 1.48. The number of hydrogen-bond acceptors (Lipinski definition) is 5. The lowest BCUT2D eigenvalue weighted by molar-refractivity contribution is 0.0593. The fourth-order valence-electron chi connectivity index (χ4n) is 4.06. The zero-order chi connectivity index (χ0) is 21.5. The molecular weight excluding hydrogens is 421 g/mol. The van der Waals surface area contributed by atoms with E-state index in [4.69, 9.17) is 16.0 Å². The van der Waals surface area contributed by atoms with Crippen LogP contribution in [0.3, 0.4) is 0 Å². The van der Waals surface area contributed by atoms with Crippen molar-refractivity contribution in [2.45, 2.75) is 31.7 Å². The second-order valence-corrected chi connectivity index (χ2v) is 8.13. The summed E-state index contributed by atoms with van der Waals surface area (Å²) in [4.78, 5) is 21.0. The smallest absolute Gasteiger partial charge is 0.259 e. The first-order valence-electron chi connectivity index (χ1n) is 10.0. The van der Waals surface area contributed by atoms with Gasteiger partial charge in [-0.05, 0) is 50.1 Å². The van der Waals surface area contributed by atoms with E-state index in [2.05, 4.69) is 15.2 Å². The summed E-state index contributed by atoms with van der Waals surface area (Å²) in [5.41, 5.74) is 1.59. The maximum atomic E-state index is 14.8. The van der Waals surface area contributed by atoms with E-state index < -0.39 is 11.7 Å². The van der Waals surface area contributed by atoms with Gasteiger partial charge in [-0.1, -0.05) is 17.7 Å². The van der Waals surface area contributed by atoms with E-state index in [9.17, 15) is 9.18 Å². The van der Waals surface area contributed by atoms with Crippen molar-refractivity contribution in [2.75, 3.05) is 6.54 Å². The highest BCUT2D eigenvalue weighted by Gasteiger charge is 2.35. The standard InChI is InChI=1S/C22H19ClFN5O2/c1-13-5-6-14(21-27-17-11-15(23)7-8-19(17)31-21)12-28(13)22(30)20-16(24)3-2-4-18(20)29-25-9-10-26-29/h2-4,7-11,13-14H,5-6,12H2,1H3. The number of amides is 1. The molecule has 2 aromatic heterocycles. The first-order valence-corrected chi connectivity index (χ1v) is 10.4. The molecule has 4 aromatic rings. The molecule has 0 N–H and O–H groups in total. The maximum Gasteiger partial charge on any atom is 0.259 e. The lowest BCUT2D eigenvalue weighted by atomic mass is 9.92. The van der Waals surface area contributed by atoms with Crippen molar-refractivity contribution >= 4 is 28.6 Å². The summed E-state index contributed by atoms with van der Waals surface area (Å²) < 4.78 is 20.7. The molecule has 3 heterocycles. The van der Waals surface area contributed by atoms with E-state index in [1.54, 1.807) is 29.2 Å². The summed E-state index contributed by atoms with van der Waals surface area (Å²) >= 11 is 6.06. The van der Waals surface area contributed by atoms with Crippen LogP contribution in [0.4, 0.5) is 4.39 Å². The molecule has 2 atom stereocenters. The molecule has 158 valence electrons. The van der Waals surface area contributed by atoms with E-state index in [0.29, 0.717) is 34.2 Å². The summed E-state index contributed by atoms with van der Waals surface area (Å²) in [5, 5.41) is 8.71. The second kappa shape index (κ2) is 7.77. The SMILES string of the molecule is CC1CCC(c2nc3cc(Cl)ccc3o2)CN1C(=O)c1c(F)cccc1-n1nccn1. The van der Waals surface area contributed by atoms with Crippen LogP contribution in [0.25, 0.3) is 16.8 Å². The molecule has 0 saturated carbocycles. The first kappa shape index (κ1) is 19.7. The topological polar surface area (TPSA) is 77.0 Å². The molecule has 31 heavy (non-hydrogen) atoms. The van der Waals surface area contributed by atoms with Gasteiger partial charge in [-0.3, -0.25) is 4.79 Å². The van der Waals surface area contributed by atoms with Gasteiger partial charge in [0.05, 0.1) is 18.3 Å². The first-order chi connectivity index (χ1) is 15.0. The Morgan fingerprint density at radius 2 is 2.00 bits per heavy atom. The summed E-state index contributed by atoms with van der Waals surface area (Å²) in [5.74, 6) is -0.541. The quantitative estimate of drug-likeness (QED) is 0.466. The highest BCUT2D eigenvalue weighted by Crippen LogP contribution is 2.33. The van der Waals surface area contributed by atoms with Crippen molar-refractivity contribution in [3.63, 3.8) is 0 Å². The maximum absolute atomic E-state index is 14.8. The van der Waals surface area contributed by atoms with Crippen LogP contribution in [-0.2, 0) is 0 Å². The Morgan fingerprint density at radius 3 is 2.81 bits per heavy atom. The molecule has 9 heteroatoms. The van der Waals surface area contributed by atoms with Crippen LogP contribution in [0.1, 0.15) is 41.9 Å². The van der Waals surface area contributed by atoms with Gasteiger partial charge in [-0.2, -0.15) is 15.0 Å². The number of likely N-dealkylation sites (tertiary alicyclic amines) is 1. The van der Waals surface area contributed by atoms with Gasteiger partial charge in [0.15, 0.2) is 11.5 Å². The molecular formula is C22H19ClFN5O2. The molecule has 0 spiro atoms. The van der Waals surface area contributed by atoms with E-state index in [0.717, 1.165) is 12.8 Å². The number of hydrogen-bond donors (Lipinski definition) is 0. The lowest BCUT2D eigenvalue weighted by Gasteiger charge is -2.37. The highest BCUT2D eigenvalue weighted by molar-refractivity contribution is 6.31. The van der Waals surface area contributed by atoms with Crippen molar-refractivity contribution in [1.82, 2.24) is 24.9 Å². The third kappa shape index (κ3) is 3.57. The van der Waals surface area contributed by atoms with Crippen LogP contribution in [0.15, 0.2) is 53.2 Å². The van der Waals surface area contributed by atoms with Gasteiger partial charge in [-0.25, -0.2) is 9.37 Å². The number of carbonyl (C=O) groups excluding carboxylic acids is 1. The molecule has 7 nitrogen and oxygen atoms in total. The summed E-state index contributed by atoms with van der Waals surface area (Å²) in [6.45, 7) is 2.34. The highest BCUT2D eigenvalue weighted by atomic mass is 35.5. The van der Waals surface area contributed by atoms with Crippen LogP contribution in [0, 0.1) is 5.82 Å². The molecule has 1 saturated heterocycles. The normalized spacial score (nSPS) is 19.1. The fraction of sp³-hybridized carbons (Fsp3) is 0.273. The number of oxazole rings is 1. The molecule has 1 amide bonds. The minimum atomic E-state index is -0.606. The average Bonchev–Trinajstić information content (AvgIpc) is 3.43. The van der Waals surface area contributed by atoms with Gasteiger partial charge >= 0.3 is 0 Å². The number of fused-ring (bicyclic) bond motifs is 1. The number of rotatable bonds is 3. The van der Waals surface area contributed by atoms with Crippen LogP contribution in [-0.4, -0.2) is 43.4 Å². The largest absolute Gasteiger partial charge is 0.440 e. The number of carbonyl (C=O) groups is 1. The Hall–Kier alpha value is -3.26. The molecule has 5 rings (SSSR count). The number of piperidine rings is 1. The monoisotopic (exact) mass is 439 g/mol. The summed E-state index contributed by atoms with van der Waals surface area (Å²) in [7, 11) is 0. The number of benzene rings is 2. The third-order valence-corrected chi connectivity index (χ3v) is 5.93. The predicted octanol–water partition coefficient (Wildman–Crippen LogP) is 4.61. The van der Waals surface area contributed by atoms with E-state index in [1.807, 2.05) is 6.92 Å². The fourth-order valence-corrected chi connectivity index (χ4v) is 4.23. The molecule has 1 aliphatic rings. The summed E-state index contributed by atoms with van der Waals surface area (Å²) in [6, 6.07) is 9.67. The van der Waals surface area contributed by atoms with Gasteiger partial charge in [-0.15, -0.1) is 0 Å². The van der Waals surface area contributed by atoms with Crippen LogP contribution < -0.4 is 0 Å². The minimum Gasteiger partial charge on any atom is -0.440 e. The average molecular weight is 440 g/mol. The molecule has 1 fully saturated rings. The van der Waals surface area contributed by atoms with Gasteiger partial charge < -0.3 is 9.32 Å². The van der Waals surface area contributed by atoms with Gasteiger partial charge in [0.1, 0.15) is 22.6 Å².